The first kappa shape index (κ1) is 15.5. The molecular formula is C26H18BNO. The molecule has 0 radical (unpaired) electrons. The van der Waals surface area contributed by atoms with Crippen molar-refractivity contribution in [2.45, 2.75) is 13.8 Å². The van der Waals surface area contributed by atoms with Crippen molar-refractivity contribution in [2.24, 2.45) is 0 Å². The summed E-state index contributed by atoms with van der Waals surface area (Å²) in [7, 11) is 0. The minimum Gasteiger partial charge on any atom is -0.458 e. The molecule has 2 nitrogen and oxygen atoms in total. The molecule has 29 heavy (non-hydrogen) atoms. The highest BCUT2D eigenvalue weighted by Crippen LogP contribution is 2.38. The highest BCUT2D eigenvalue weighted by atomic mass is 16.5. The molecule has 5 aromatic rings. The van der Waals surface area contributed by atoms with Crippen LogP contribution in [0.1, 0.15) is 11.1 Å². The van der Waals surface area contributed by atoms with Gasteiger partial charge >= 0.3 is 0 Å². The second kappa shape index (κ2) is 5.12. The zero-order valence-electron chi connectivity index (χ0n) is 16.4. The van der Waals surface area contributed by atoms with Gasteiger partial charge in [0.15, 0.2) is 0 Å². The van der Waals surface area contributed by atoms with Gasteiger partial charge in [-0.25, -0.2) is 0 Å². The fourth-order valence-electron chi connectivity index (χ4n) is 5.58. The van der Waals surface area contributed by atoms with E-state index < -0.39 is 0 Å². The van der Waals surface area contributed by atoms with Crippen LogP contribution in [0.3, 0.4) is 0 Å². The average Bonchev–Trinajstić information content (AvgIpc) is 3.08. The summed E-state index contributed by atoms with van der Waals surface area (Å²) < 4.78 is 8.92. The van der Waals surface area contributed by atoms with Gasteiger partial charge in [-0.15, -0.1) is 0 Å². The van der Waals surface area contributed by atoms with Gasteiger partial charge in [0.1, 0.15) is 11.5 Å². The molecule has 0 unspecified atom stereocenters. The molecule has 0 spiro atoms. The summed E-state index contributed by atoms with van der Waals surface area (Å²) in [6.07, 6.45) is 0. The Labute approximate surface area is 169 Å². The van der Waals surface area contributed by atoms with Gasteiger partial charge in [0, 0.05) is 16.5 Å². The molecule has 1 aromatic heterocycles. The lowest BCUT2D eigenvalue weighted by Crippen LogP contribution is -2.59. The van der Waals surface area contributed by atoms with E-state index in [0.29, 0.717) is 0 Å². The number of rotatable bonds is 0. The molecule has 2 aliphatic rings. The summed E-state index contributed by atoms with van der Waals surface area (Å²) in [6.45, 7) is 4.64. The normalized spacial score (nSPS) is 13.4. The van der Waals surface area contributed by atoms with Gasteiger partial charge in [-0.2, -0.15) is 0 Å². The minimum atomic E-state index is 0.201. The maximum atomic E-state index is 6.46. The van der Waals surface area contributed by atoms with Gasteiger partial charge < -0.3 is 9.30 Å². The molecule has 0 fully saturated rings. The molecule has 7 rings (SSSR count). The third-order valence-corrected chi connectivity index (χ3v) is 6.75. The lowest BCUT2D eigenvalue weighted by molar-refractivity contribution is 0.487. The second-order valence-corrected chi connectivity index (χ2v) is 8.26. The van der Waals surface area contributed by atoms with Gasteiger partial charge in [-0.3, -0.25) is 0 Å². The van der Waals surface area contributed by atoms with Crippen LogP contribution in [0.25, 0.3) is 27.5 Å². The van der Waals surface area contributed by atoms with E-state index in [1.165, 1.54) is 55.0 Å². The van der Waals surface area contributed by atoms with Crippen LogP contribution < -0.4 is 21.1 Å². The van der Waals surface area contributed by atoms with Gasteiger partial charge in [-0.05, 0) is 60.6 Å². The number of hydrogen-bond acceptors (Lipinski definition) is 1. The Morgan fingerprint density at radius 2 is 1.41 bits per heavy atom. The highest BCUT2D eigenvalue weighted by Gasteiger charge is 2.41. The average molecular weight is 371 g/mol. The summed E-state index contributed by atoms with van der Waals surface area (Å²) in [5.74, 6) is 1.97. The molecular weight excluding hydrogens is 353 g/mol. The van der Waals surface area contributed by atoms with Crippen LogP contribution in [0, 0.1) is 13.8 Å². The zero-order chi connectivity index (χ0) is 19.3. The summed E-state index contributed by atoms with van der Waals surface area (Å²) in [4.78, 5) is 0. The third kappa shape index (κ3) is 1.75. The fourth-order valence-corrected chi connectivity index (χ4v) is 5.58. The topological polar surface area (TPSA) is 14.2 Å². The zero-order valence-corrected chi connectivity index (χ0v) is 16.4. The Balaban J connectivity index is 1.78. The van der Waals surface area contributed by atoms with E-state index in [1.54, 1.807) is 0 Å². The highest BCUT2D eigenvalue weighted by molar-refractivity contribution is 6.99. The quantitative estimate of drug-likeness (QED) is 0.362. The molecule has 0 bridgehead atoms. The number of aryl methyl sites for hydroxylation is 2. The van der Waals surface area contributed by atoms with Crippen molar-refractivity contribution in [2.75, 3.05) is 0 Å². The van der Waals surface area contributed by atoms with Crippen LogP contribution in [-0.4, -0.2) is 11.3 Å². The van der Waals surface area contributed by atoms with Crippen LogP contribution in [0.15, 0.2) is 72.8 Å². The fraction of sp³-hybridized carbons (Fsp3) is 0.0769. The standard InChI is InChI=1S/C26H18BNO/c1-15-7-5-11-20-23(15)27-24-16(2)8-6-12-21(24)29-22-14-13-18-17-9-3-4-10-19(17)28(20)26(18)25(22)27/h3-14H,1-2H3. The van der Waals surface area contributed by atoms with Crippen molar-refractivity contribution < 1.29 is 4.74 Å². The van der Waals surface area contributed by atoms with Gasteiger partial charge in [0.25, 0.3) is 6.71 Å². The Morgan fingerprint density at radius 1 is 0.655 bits per heavy atom. The molecule has 3 heteroatoms. The molecule has 0 aliphatic carbocycles. The second-order valence-electron chi connectivity index (χ2n) is 8.26. The SMILES string of the molecule is Cc1cccc2c1B1c3c(C)cccc3-n3c4ccccc4c4ccc(c1c43)O2. The Hall–Kier alpha value is -3.46. The molecule has 0 amide bonds. The van der Waals surface area contributed by atoms with Crippen LogP contribution in [0.5, 0.6) is 11.5 Å². The number of ether oxygens (including phenoxy) is 1. The number of nitrogens with zero attached hydrogens (tertiary/aromatic N) is 1. The first-order chi connectivity index (χ1) is 14.2. The maximum absolute atomic E-state index is 6.46. The van der Waals surface area contributed by atoms with Crippen molar-refractivity contribution in [3.8, 4) is 17.2 Å². The number of hydrogen-bond donors (Lipinski definition) is 0. The molecule has 136 valence electrons. The Morgan fingerprint density at radius 3 is 2.31 bits per heavy atom. The number of benzene rings is 4. The third-order valence-electron chi connectivity index (χ3n) is 6.75. The van der Waals surface area contributed by atoms with Crippen molar-refractivity contribution in [3.05, 3.63) is 83.9 Å². The molecule has 3 heterocycles. The molecule has 0 saturated carbocycles. The minimum absolute atomic E-state index is 0.201. The largest absolute Gasteiger partial charge is 0.458 e. The van der Waals surface area contributed by atoms with E-state index in [0.717, 1.165) is 11.5 Å². The number of aromatic nitrogens is 1. The van der Waals surface area contributed by atoms with Gasteiger partial charge in [-0.1, -0.05) is 53.6 Å². The van der Waals surface area contributed by atoms with Crippen LogP contribution in [-0.2, 0) is 0 Å². The van der Waals surface area contributed by atoms with Crippen molar-refractivity contribution in [1.82, 2.24) is 4.57 Å². The van der Waals surface area contributed by atoms with E-state index in [4.69, 9.17) is 4.74 Å². The molecule has 0 N–H and O–H groups in total. The van der Waals surface area contributed by atoms with Gasteiger partial charge in [0.2, 0.25) is 0 Å². The number of para-hydroxylation sites is 1. The molecule has 0 saturated heterocycles. The van der Waals surface area contributed by atoms with Gasteiger partial charge in [0.05, 0.1) is 11.0 Å². The molecule has 0 atom stereocenters. The molecule has 2 aliphatic heterocycles. The van der Waals surface area contributed by atoms with Crippen LogP contribution in [0.2, 0.25) is 0 Å². The summed E-state index contributed by atoms with van der Waals surface area (Å²) in [6, 6.07) is 26.2. The first-order valence-corrected chi connectivity index (χ1v) is 10.2. The van der Waals surface area contributed by atoms with Crippen LogP contribution in [0.4, 0.5) is 0 Å². The summed E-state index contributed by atoms with van der Waals surface area (Å²) in [5, 5.41) is 2.60. The first-order valence-electron chi connectivity index (χ1n) is 10.2. The van der Waals surface area contributed by atoms with Crippen molar-refractivity contribution in [3.63, 3.8) is 0 Å². The van der Waals surface area contributed by atoms with E-state index in [2.05, 4.69) is 91.2 Å². The Bertz CT molecular complexity index is 1510. The van der Waals surface area contributed by atoms with E-state index in [9.17, 15) is 0 Å². The molecule has 4 aromatic carbocycles. The lowest BCUT2D eigenvalue weighted by Gasteiger charge is -2.34. The summed E-state index contributed by atoms with van der Waals surface area (Å²) >= 11 is 0. The predicted octanol–water partition coefficient (Wildman–Crippen LogP) is 4.34. The smallest absolute Gasteiger partial charge is 0.257 e. The summed E-state index contributed by atoms with van der Waals surface area (Å²) in [5.41, 5.74) is 10.5. The Kier molecular flexibility index (Phi) is 2.73. The monoisotopic (exact) mass is 371 g/mol. The van der Waals surface area contributed by atoms with Crippen molar-refractivity contribution >= 4 is 44.9 Å². The van der Waals surface area contributed by atoms with Crippen molar-refractivity contribution in [1.29, 1.82) is 0 Å². The number of fused-ring (bicyclic) bond motifs is 8. The van der Waals surface area contributed by atoms with E-state index in [-0.39, 0.29) is 6.71 Å². The maximum Gasteiger partial charge on any atom is 0.257 e. The predicted molar refractivity (Wildman–Crippen MR) is 121 cm³/mol. The van der Waals surface area contributed by atoms with Crippen LogP contribution >= 0.6 is 0 Å². The lowest BCUT2D eigenvalue weighted by atomic mass is 9.33. The van der Waals surface area contributed by atoms with E-state index >= 15 is 0 Å². The van der Waals surface area contributed by atoms with E-state index in [1.807, 2.05) is 0 Å².